The van der Waals surface area contributed by atoms with E-state index >= 15 is 0 Å². The predicted molar refractivity (Wildman–Crippen MR) is 194 cm³/mol. The van der Waals surface area contributed by atoms with Crippen LogP contribution in [0.15, 0.2) is 45.3 Å². The lowest BCUT2D eigenvalue weighted by atomic mass is 9.78. The zero-order chi connectivity index (χ0) is 36.2. The van der Waals surface area contributed by atoms with E-state index in [1.165, 1.54) is 4.90 Å². The highest BCUT2D eigenvalue weighted by Gasteiger charge is 2.38. The number of urea groups is 1. The fourth-order valence-electron chi connectivity index (χ4n) is 7.93. The summed E-state index contributed by atoms with van der Waals surface area (Å²) < 4.78 is 6.90. The number of piperidine rings is 3. The Balaban J connectivity index is 1.06. The number of hydrogen-bond acceptors (Lipinski definition) is 7. The molecule has 4 heterocycles. The van der Waals surface area contributed by atoms with Gasteiger partial charge >= 0.3 is 24.0 Å². The first kappa shape index (κ1) is 36.9. The maximum Gasteiger partial charge on any atom is 0.410 e. The lowest BCUT2D eigenvalue weighted by Gasteiger charge is -2.40. The Morgan fingerprint density at radius 3 is 2.00 bits per heavy atom. The van der Waals surface area contributed by atoms with Crippen LogP contribution < -0.4 is 5.32 Å². The summed E-state index contributed by atoms with van der Waals surface area (Å²) in [6.45, 7) is 3.21. The number of benzene rings is 2. The number of carboxylic acids is 1. The molecule has 3 N–H and O–H groups in total. The van der Waals surface area contributed by atoms with Crippen molar-refractivity contribution < 1.29 is 38.9 Å². The van der Waals surface area contributed by atoms with Crippen LogP contribution >= 0.6 is 31.9 Å². The van der Waals surface area contributed by atoms with Crippen molar-refractivity contribution >= 4 is 67.5 Å². The first-order valence-electron chi connectivity index (χ1n) is 17.6. The molecule has 6 rings (SSSR count). The number of ether oxygens (including phenoxy) is 1. The van der Waals surface area contributed by atoms with Gasteiger partial charge in [0.1, 0.15) is 5.75 Å². The summed E-state index contributed by atoms with van der Waals surface area (Å²) in [5.74, 6) is -1.84. The molecule has 274 valence electrons. The Morgan fingerprint density at radius 1 is 0.824 bits per heavy atom. The first-order chi connectivity index (χ1) is 24.5. The van der Waals surface area contributed by atoms with E-state index in [-0.39, 0.29) is 30.2 Å². The Hall–Kier alpha value is -3.85. The van der Waals surface area contributed by atoms with Crippen LogP contribution in [0.5, 0.6) is 5.75 Å². The number of phenolic OH excluding ortho intramolecular Hbond substituents is 1. The number of nitrogens with zero attached hydrogens (tertiary/aromatic N) is 4. The minimum absolute atomic E-state index is 0.0290. The second-order valence-electron chi connectivity index (χ2n) is 13.8. The molecule has 0 bridgehead atoms. The lowest BCUT2D eigenvalue weighted by molar-refractivity contribution is -0.156. The summed E-state index contributed by atoms with van der Waals surface area (Å²) in [7, 11) is 0. The minimum Gasteiger partial charge on any atom is -0.506 e. The molecule has 3 saturated heterocycles. The maximum absolute atomic E-state index is 14.0. The molecule has 0 spiro atoms. The van der Waals surface area contributed by atoms with Crippen LogP contribution in [0.4, 0.5) is 15.3 Å². The number of fused-ring (bicyclic) bond motifs is 1. The monoisotopic (exact) mass is 831 g/mol. The van der Waals surface area contributed by atoms with Crippen molar-refractivity contribution in [2.24, 2.45) is 11.8 Å². The molecule has 1 atom stereocenters. The van der Waals surface area contributed by atoms with Crippen LogP contribution in [0.1, 0.15) is 49.7 Å². The van der Waals surface area contributed by atoms with Crippen molar-refractivity contribution in [3.63, 3.8) is 0 Å². The minimum atomic E-state index is -1.43. The second-order valence-corrected chi connectivity index (χ2v) is 15.5. The SMILES string of the molecule is O=C(O)C(=O)N1CCC(C2CCN(C(=O)[C@@H](Cc3cc(Br)c(O)c(Br)c3)OC(=O)N3CCC(N4CCc5ccccc5NC4=O)CC3)CC2)CC1. The van der Waals surface area contributed by atoms with Gasteiger partial charge in [0, 0.05) is 64.0 Å². The predicted octanol–water partition coefficient (Wildman–Crippen LogP) is 5.08. The van der Waals surface area contributed by atoms with Crippen LogP contribution in [-0.2, 0) is 32.0 Å². The number of nitrogens with one attached hydrogen (secondary N) is 1. The maximum atomic E-state index is 14.0. The van der Waals surface area contributed by atoms with Crippen LogP contribution in [0.25, 0.3) is 0 Å². The molecule has 2 aromatic rings. The third-order valence-electron chi connectivity index (χ3n) is 10.8. The van der Waals surface area contributed by atoms with Gasteiger partial charge in [0.05, 0.1) is 8.95 Å². The third-order valence-corrected chi connectivity index (χ3v) is 12.1. The van der Waals surface area contributed by atoms with Crippen molar-refractivity contribution in [1.29, 1.82) is 0 Å². The Morgan fingerprint density at radius 2 is 1.39 bits per heavy atom. The number of carbonyl (C=O) groups is 5. The number of halogens is 2. The van der Waals surface area contributed by atoms with E-state index in [1.54, 1.807) is 21.9 Å². The molecule has 0 aliphatic carbocycles. The van der Waals surface area contributed by atoms with E-state index in [9.17, 15) is 29.1 Å². The van der Waals surface area contributed by atoms with Crippen molar-refractivity contribution in [3.05, 3.63) is 56.5 Å². The standard InChI is InChI=1S/C36H43Br2N5O8/c37-27-19-22(20-28(38)31(27)44)21-30(32(45)40-12-5-23(6-13-40)24-7-14-41(15-8-24)33(46)34(47)48)51-36(50)42-16-10-26(11-17-42)43-18-9-25-3-1-2-4-29(25)39-35(43)49/h1-4,19-20,23-24,26,30,44H,5-18,21H2,(H,39,49)(H,47,48)/t30-/m1/s1. The quantitative estimate of drug-likeness (QED) is 0.340. The fraction of sp³-hybridized carbons (Fsp3) is 0.528. The molecule has 15 heteroatoms. The van der Waals surface area contributed by atoms with E-state index in [0.29, 0.717) is 85.0 Å². The smallest absolute Gasteiger partial charge is 0.410 e. The average Bonchev–Trinajstić information content (AvgIpc) is 3.31. The van der Waals surface area contributed by atoms with Gasteiger partial charge in [0.15, 0.2) is 6.10 Å². The molecule has 4 aliphatic rings. The van der Waals surface area contributed by atoms with Gasteiger partial charge < -0.3 is 39.9 Å². The average molecular weight is 834 g/mol. The van der Waals surface area contributed by atoms with Crippen molar-refractivity contribution in [2.45, 2.75) is 63.5 Å². The van der Waals surface area contributed by atoms with Gasteiger partial charge in [-0.2, -0.15) is 0 Å². The zero-order valence-corrected chi connectivity index (χ0v) is 31.4. The highest BCUT2D eigenvalue weighted by Crippen LogP contribution is 2.35. The van der Waals surface area contributed by atoms with E-state index in [1.807, 2.05) is 29.2 Å². The van der Waals surface area contributed by atoms with E-state index in [2.05, 4.69) is 37.2 Å². The number of anilines is 1. The fourth-order valence-corrected chi connectivity index (χ4v) is 9.21. The number of para-hydroxylation sites is 1. The highest BCUT2D eigenvalue weighted by atomic mass is 79.9. The molecule has 5 amide bonds. The summed E-state index contributed by atoms with van der Waals surface area (Å²) in [5.41, 5.74) is 2.62. The molecule has 51 heavy (non-hydrogen) atoms. The first-order valence-corrected chi connectivity index (χ1v) is 19.2. The summed E-state index contributed by atoms with van der Waals surface area (Å²) in [6, 6.07) is 11.0. The summed E-state index contributed by atoms with van der Waals surface area (Å²) >= 11 is 6.72. The summed E-state index contributed by atoms with van der Waals surface area (Å²) in [4.78, 5) is 70.3. The van der Waals surface area contributed by atoms with Gasteiger partial charge in [-0.25, -0.2) is 14.4 Å². The third kappa shape index (κ3) is 8.62. The Labute approximate surface area is 313 Å². The molecule has 0 unspecified atom stereocenters. The zero-order valence-electron chi connectivity index (χ0n) is 28.3. The second kappa shape index (κ2) is 16.2. The normalized spacial score (nSPS) is 19.9. The van der Waals surface area contributed by atoms with Crippen LogP contribution in [0.3, 0.4) is 0 Å². The number of aliphatic carboxylic acids is 1. The molecule has 0 radical (unpaired) electrons. The van der Waals surface area contributed by atoms with E-state index in [4.69, 9.17) is 9.84 Å². The van der Waals surface area contributed by atoms with Crippen LogP contribution in [-0.4, -0.2) is 118 Å². The molecule has 2 aromatic carbocycles. The molecule has 0 aromatic heterocycles. The molecular weight excluding hydrogens is 790 g/mol. The van der Waals surface area contributed by atoms with Crippen molar-refractivity contribution in [1.82, 2.24) is 19.6 Å². The van der Waals surface area contributed by atoms with Gasteiger partial charge in [0.25, 0.3) is 5.91 Å². The van der Waals surface area contributed by atoms with Crippen molar-refractivity contribution in [2.75, 3.05) is 51.1 Å². The van der Waals surface area contributed by atoms with Gasteiger partial charge in [-0.15, -0.1) is 0 Å². The number of aromatic hydroxyl groups is 1. The Bertz CT molecular complexity index is 1630. The molecular formula is C36H43Br2N5O8. The van der Waals surface area contributed by atoms with Crippen LogP contribution in [0.2, 0.25) is 0 Å². The number of hydrogen-bond donors (Lipinski definition) is 3. The van der Waals surface area contributed by atoms with Crippen molar-refractivity contribution in [3.8, 4) is 5.75 Å². The molecule has 3 fully saturated rings. The molecule has 0 saturated carbocycles. The van der Waals surface area contributed by atoms with Crippen LogP contribution in [0, 0.1) is 11.8 Å². The number of phenols is 1. The highest BCUT2D eigenvalue weighted by molar-refractivity contribution is 9.11. The molecule has 4 aliphatic heterocycles. The van der Waals surface area contributed by atoms with Gasteiger partial charge in [-0.3, -0.25) is 9.59 Å². The van der Waals surface area contributed by atoms with Gasteiger partial charge in [-0.05, 0) is 118 Å². The van der Waals surface area contributed by atoms with E-state index in [0.717, 1.165) is 43.4 Å². The van der Waals surface area contributed by atoms with E-state index < -0.39 is 24.1 Å². The Kier molecular flexibility index (Phi) is 11.7. The summed E-state index contributed by atoms with van der Waals surface area (Å²) in [6.07, 6.45) is 3.37. The largest absolute Gasteiger partial charge is 0.506 e. The lowest BCUT2D eigenvalue weighted by Crippen LogP contribution is -2.52. The number of likely N-dealkylation sites (tertiary alicyclic amines) is 3. The topological polar surface area (TPSA) is 160 Å². The number of rotatable bonds is 6. The van der Waals surface area contributed by atoms with Gasteiger partial charge in [0.2, 0.25) is 0 Å². The molecule has 13 nitrogen and oxygen atoms in total. The number of carboxylic acid groups (broad SMARTS) is 1. The number of amides is 5. The summed E-state index contributed by atoms with van der Waals surface area (Å²) in [5, 5.41) is 22.3. The number of carbonyl (C=O) groups excluding carboxylic acids is 4. The van der Waals surface area contributed by atoms with Gasteiger partial charge in [-0.1, -0.05) is 18.2 Å².